The predicted molar refractivity (Wildman–Crippen MR) is 73.4 cm³/mol. The van der Waals surface area contributed by atoms with Gasteiger partial charge in [0.15, 0.2) is 6.61 Å². The molecule has 0 N–H and O–H groups in total. The first-order chi connectivity index (χ1) is 9.72. The average molecular weight is 311 g/mol. The number of halogens is 2. The van der Waals surface area contributed by atoms with Crippen LogP contribution in [0.5, 0.6) is 5.75 Å². The maximum Gasteiger partial charge on any atom is 0.264 e. The van der Waals surface area contributed by atoms with Crippen molar-refractivity contribution in [3.8, 4) is 16.5 Å². The molecule has 0 unspecified atom stereocenters. The third-order valence-corrected chi connectivity index (χ3v) is 3.62. The van der Waals surface area contributed by atoms with E-state index < -0.39 is 5.82 Å². The number of aromatic nitrogens is 2. The van der Waals surface area contributed by atoms with Crippen LogP contribution >= 0.6 is 22.9 Å². The number of hydrogen-bond acceptors (Lipinski definition) is 5. The second-order valence-corrected chi connectivity index (χ2v) is 5.21. The minimum Gasteiger partial charge on any atom is -0.482 e. The van der Waals surface area contributed by atoms with E-state index in [4.69, 9.17) is 20.9 Å². The lowest BCUT2D eigenvalue weighted by Crippen LogP contribution is -1.96. The second kappa shape index (κ2) is 5.60. The lowest BCUT2D eigenvalue weighted by Gasteiger charge is -2.04. The third kappa shape index (κ3) is 2.81. The van der Waals surface area contributed by atoms with Crippen LogP contribution in [-0.4, -0.2) is 10.1 Å². The van der Waals surface area contributed by atoms with Crippen LogP contribution in [0, 0.1) is 5.82 Å². The molecule has 0 aliphatic carbocycles. The summed E-state index contributed by atoms with van der Waals surface area (Å²) in [7, 11) is 0. The van der Waals surface area contributed by atoms with Gasteiger partial charge >= 0.3 is 0 Å². The largest absolute Gasteiger partial charge is 0.482 e. The van der Waals surface area contributed by atoms with Crippen molar-refractivity contribution in [1.29, 1.82) is 0 Å². The van der Waals surface area contributed by atoms with Gasteiger partial charge in [-0.1, -0.05) is 22.8 Å². The van der Waals surface area contributed by atoms with Crippen molar-refractivity contribution in [1.82, 2.24) is 10.1 Å². The highest BCUT2D eigenvalue weighted by Gasteiger charge is 2.11. The van der Waals surface area contributed by atoms with Gasteiger partial charge < -0.3 is 9.26 Å². The highest BCUT2D eigenvalue weighted by Crippen LogP contribution is 2.26. The van der Waals surface area contributed by atoms with E-state index in [-0.39, 0.29) is 11.6 Å². The smallest absolute Gasteiger partial charge is 0.264 e. The molecule has 0 bridgehead atoms. The molecule has 4 nitrogen and oxygen atoms in total. The van der Waals surface area contributed by atoms with E-state index in [1.807, 2.05) is 17.5 Å². The molecule has 0 spiro atoms. The summed E-state index contributed by atoms with van der Waals surface area (Å²) < 4.78 is 23.4. The fourth-order valence-corrected chi connectivity index (χ4v) is 2.42. The number of benzene rings is 1. The van der Waals surface area contributed by atoms with Crippen LogP contribution in [0.3, 0.4) is 0 Å². The van der Waals surface area contributed by atoms with Crippen molar-refractivity contribution in [2.45, 2.75) is 6.61 Å². The van der Waals surface area contributed by atoms with Gasteiger partial charge in [0.05, 0.1) is 9.90 Å². The van der Waals surface area contributed by atoms with E-state index in [1.165, 1.54) is 29.5 Å². The number of ether oxygens (including phenoxy) is 1. The molecule has 0 aliphatic heterocycles. The molecular weight excluding hydrogens is 303 g/mol. The Morgan fingerprint density at radius 3 is 3.00 bits per heavy atom. The molecule has 102 valence electrons. The normalized spacial score (nSPS) is 10.7. The Hall–Kier alpha value is -1.92. The van der Waals surface area contributed by atoms with Crippen LogP contribution in [0.4, 0.5) is 4.39 Å². The molecule has 0 atom stereocenters. The molecule has 3 aromatic rings. The standard InChI is InChI=1S/C13H8ClFN2O2S/c14-9-6-8(15)3-4-10(9)18-7-12-16-13(17-19-12)11-2-1-5-20-11/h1-6H,7H2. The lowest BCUT2D eigenvalue weighted by atomic mass is 10.3. The first-order valence-corrected chi connectivity index (χ1v) is 6.92. The lowest BCUT2D eigenvalue weighted by molar-refractivity contribution is 0.243. The summed E-state index contributed by atoms with van der Waals surface area (Å²) in [5, 5.41) is 5.99. The van der Waals surface area contributed by atoms with Crippen LogP contribution in [0.1, 0.15) is 5.89 Å². The van der Waals surface area contributed by atoms with E-state index in [0.29, 0.717) is 17.5 Å². The summed E-state index contributed by atoms with van der Waals surface area (Å²) in [6.07, 6.45) is 0. The minimum absolute atomic E-state index is 0.0731. The van der Waals surface area contributed by atoms with Crippen LogP contribution in [0.2, 0.25) is 5.02 Å². The van der Waals surface area contributed by atoms with Crippen molar-refractivity contribution in [3.05, 3.63) is 52.4 Å². The van der Waals surface area contributed by atoms with Gasteiger partial charge in [0, 0.05) is 0 Å². The summed E-state index contributed by atoms with van der Waals surface area (Å²) in [6, 6.07) is 7.71. The van der Waals surface area contributed by atoms with Crippen LogP contribution in [0.15, 0.2) is 40.2 Å². The van der Waals surface area contributed by atoms with Gasteiger partial charge in [-0.25, -0.2) is 4.39 Å². The Bertz CT molecular complexity index is 715. The zero-order chi connectivity index (χ0) is 13.9. The molecule has 2 aromatic heterocycles. The monoisotopic (exact) mass is 310 g/mol. The molecular formula is C13H8ClFN2O2S. The van der Waals surface area contributed by atoms with Crippen molar-refractivity contribution in [2.24, 2.45) is 0 Å². The van der Waals surface area contributed by atoms with Crippen molar-refractivity contribution >= 4 is 22.9 Å². The molecule has 0 saturated carbocycles. The van der Waals surface area contributed by atoms with Gasteiger partial charge in [-0.15, -0.1) is 11.3 Å². The molecule has 2 heterocycles. The summed E-state index contributed by atoms with van der Waals surface area (Å²) in [6.45, 7) is 0.0731. The van der Waals surface area contributed by atoms with Crippen LogP contribution in [-0.2, 0) is 6.61 Å². The Labute approximate surface area is 122 Å². The highest BCUT2D eigenvalue weighted by atomic mass is 35.5. The predicted octanol–water partition coefficient (Wildman–Crippen LogP) is 4.17. The summed E-state index contributed by atoms with van der Waals surface area (Å²) in [5.74, 6) is 0.793. The van der Waals surface area contributed by atoms with E-state index >= 15 is 0 Å². The van der Waals surface area contributed by atoms with Gasteiger partial charge in [-0.2, -0.15) is 4.98 Å². The zero-order valence-electron chi connectivity index (χ0n) is 10.0. The van der Waals surface area contributed by atoms with Gasteiger partial charge in [0.25, 0.3) is 5.89 Å². The van der Waals surface area contributed by atoms with Gasteiger partial charge in [-0.3, -0.25) is 0 Å². The Kier molecular flexibility index (Phi) is 3.66. The van der Waals surface area contributed by atoms with Gasteiger partial charge in [0.2, 0.25) is 5.82 Å². The summed E-state index contributed by atoms with van der Waals surface area (Å²) >= 11 is 7.37. The minimum atomic E-state index is -0.417. The molecule has 0 saturated heterocycles. The molecule has 0 aliphatic rings. The first-order valence-electron chi connectivity index (χ1n) is 5.67. The SMILES string of the molecule is Fc1ccc(OCc2nc(-c3cccs3)no2)c(Cl)c1. The van der Waals surface area contributed by atoms with Crippen LogP contribution in [0.25, 0.3) is 10.7 Å². The zero-order valence-corrected chi connectivity index (χ0v) is 11.6. The average Bonchev–Trinajstić information content (AvgIpc) is 3.08. The topological polar surface area (TPSA) is 48.2 Å². The third-order valence-electron chi connectivity index (χ3n) is 2.45. The summed E-state index contributed by atoms with van der Waals surface area (Å²) in [4.78, 5) is 5.12. The Balaban J connectivity index is 1.70. The maximum absolute atomic E-state index is 12.9. The van der Waals surface area contributed by atoms with E-state index in [0.717, 1.165) is 4.88 Å². The second-order valence-electron chi connectivity index (χ2n) is 3.85. The fourth-order valence-electron chi connectivity index (χ4n) is 1.55. The van der Waals surface area contributed by atoms with E-state index in [2.05, 4.69) is 10.1 Å². The highest BCUT2D eigenvalue weighted by molar-refractivity contribution is 7.13. The molecule has 3 rings (SSSR count). The Morgan fingerprint density at radius 1 is 1.35 bits per heavy atom. The van der Waals surface area contributed by atoms with Crippen molar-refractivity contribution in [2.75, 3.05) is 0 Å². The van der Waals surface area contributed by atoms with E-state index in [1.54, 1.807) is 0 Å². The first kappa shape index (κ1) is 13.1. The summed E-state index contributed by atoms with van der Waals surface area (Å²) in [5.41, 5.74) is 0. The van der Waals surface area contributed by atoms with Crippen LogP contribution < -0.4 is 4.74 Å². The number of rotatable bonds is 4. The van der Waals surface area contributed by atoms with Gasteiger partial charge in [-0.05, 0) is 29.6 Å². The number of thiophene rings is 1. The van der Waals surface area contributed by atoms with Crippen molar-refractivity contribution < 1.29 is 13.7 Å². The van der Waals surface area contributed by atoms with E-state index in [9.17, 15) is 4.39 Å². The van der Waals surface area contributed by atoms with Gasteiger partial charge in [0.1, 0.15) is 11.6 Å². The van der Waals surface area contributed by atoms with Crippen molar-refractivity contribution in [3.63, 3.8) is 0 Å². The number of hydrogen-bond donors (Lipinski definition) is 0. The molecule has 0 fully saturated rings. The molecule has 0 radical (unpaired) electrons. The molecule has 1 aromatic carbocycles. The quantitative estimate of drug-likeness (QED) is 0.725. The maximum atomic E-state index is 12.9. The molecule has 7 heteroatoms. The molecule has 0 amide bonds. The molecule has 20 heavy (non-hydrogen) atoms. The fraction of sp³-hybridized carbons (Fsp3) is 0.0769. The number of nitrogens with zero attached hydrogens (tertiary/aromatic N) is 2. The Morgan fingerprint density at radius 2 is 2.25 bits per heavy atom.